The number of hydrogen-bond acceptors (Lipinski definition) is 4. The largest absolute Gasteiger partial charge is 0.328 e. The topological polar surface area (TPSA) is 84.3 Å². The first-order valence-electron chi connectivity index (χ1n) is 8.01. The third-order valence-corrected chi connectivity index (χ3v) is 3.60. The van der Waals surface area contributed by atoms with Gasteiger partial charge >= 0.3 is 0 Å². The van der Waals surface area contributed by atoms with E-state index in [1.165, 1.54) is 19.2 Å². The number of carbonyl (C=O) groups excluding carboxylic acids is 2. The first-order chi connectivity index (χ1) is 12.7. The predicted molar refractivity (Wildman–Crippen MR) is 90.6 cm³/mol. The molecule has 0 atom stereocenters. The van der Waals surface area contributed by atoms with E-state index < -0.39 is 47.1 Å². The number of carbonyl (C=O) groups is 2. The Labute approximate surface area is 152 Å². The Bertz CT molecular complexity index is 930. The van der Waals surface area contributed by atoms with Crippen LogP contribution >= 0.6 is 0 Å². The van der Waals surface area contributed by atoms with Gasteiger partial charge in [0.05, 0.1) is 5.69 Å². The van der Waals surface area contributed by atoms with E-state index in [2.05, 4.69) is 10.4 Å². The molecule has 0 unspecified atom stereocenters. The molecule has 0 saturated carbocycles. The molecule has 2 rings (SSSR count). The molecule has 1 heterocycles. The van der Waals surface area contributed by atoms with Gasteiger partial charge in [-0.2, -0.15) is 5.10 Å². The van der Waals surface area contributed by atoms with Gasteiger partial charge in [-0.25, -0.2) is 17.9 Å². The molecule has 0 fully saturated rings. The van der Waals surface area contributed by atoms with E-state index in [1.807, 2.05) is 0 Å². The van der Waals surface area contributed by atoms with Gasteiger partial charge in [0.15, 0.2) is 17.5 Å². The lowest BCUT2D eigenvalue weighted by Crippen LogP contribution is -2.39. The molecule has 0 aliphatic heterocycles. The fraction of sp³-hybridized carbons (Fsp3) is 0.294. The van der Waals surface area contributed by atoms with Crippen LogP contribution < -0.4 is 10.9 Å². The van der Waals surface area contributed by atoms with Crippen molar-refractivity contribution < 1.29 is 22.8 Å². The number of halogens is 3. The van der Waals surface area contributed by atoms with Gasteiger partial charge in [-0.15, -0.1) is 0 Å². The van der Waals surface area contributed by atoms with Gasteiger partial charge < -0.3 is 10.2 Å². The zero-order chi connectivity index (χ0) is 20.1. The summed E-state index contributed by atoms with van der Waals surface area (Å²) in [5.41, 5.74) is -0.986. The SMILES string of the molecule is CCCN(CC(=O)Nc1ccc(F)c(F)c1F)C(=O)c1ccc(=O)n(C)n1. The molecule has 1 aromatic heterocycles. The maximum absolute atomic E-state index is 13.7. The summed E-state index contributed by atoms with van der Waals surface area (Å²) in [5.74, 6) is -6.02. The Morgan fingerprint density at radius 3 is 2.48 bits per heavy atom. The van der Waals surface area contributed by atoms with E-state index in [-0.39, 0.29) is 12.2 Å². The summed E-state index contributed by atoms with van der Waals surface area (Å²) >= 11 is 0. The number of benzene rings is 1. The van der Waals surface area contributed by atoms with Crippen LogP contribution in [0.1, 0.15) is 23.8 Å². The summed E-state index contributed by atoms with van der Waals surface area (Å²) in [4.78, 5) is 37.2. The third-order valence-electron chi connectivity index (χ3n) is 3.60. The van der Waals surface area contributed by atoms with Crippen LogP contribution in [0.2, 0.25) is 0 Å². The molecule has 0 bridgehead atoms. The van der Waals surface area contributed by atoms with Crippen LogP contribution in [0, 0.1) is 17.5 Å². The van der Waals surface area contributed by atoms with Crippen molar-refractivity contribution in [2.24, 2.45) is 7.05 Å². The standard InChI is InChI=1S/C17H17F3N4O3/c1-3-8-24(17(27)12-6-7-14(26)23(2)22-12)9-13(25)21-11-5-4-10(18)15(19)16(11)20/h4-7H,3,8-9H2,1-2H3,(H,21,25). The van der Waals surface area contributed by atoms with Crippen molar-refractivity contribution in [2.45, 2.75) is 13.3 Å². The van der Waals surface area contributed by atoms with E-state index in [0.29, 0.717) is 12.5 Å². The number of hydrogen-bond donors (Lipinski definition) is 1. The van der Waals surface area contributed by atoms with Crippen LogP contribution in [0.5, 0.6) is 0 Å². The average molecular weight is 382 g/mol. The van der Waals surface area contributed by atoms with Crippen molar-refractivity contribution in [1.29, 1.82) is 0 Å². The number of aromatic nitrogens is 2. The quantitative estimate of drug-likeness (QED) is 0.771. The van der Waals surface area contributed by atoms with E-state index >= 15 is 0 Å². The molecule has 0 spiro atoms. The number of anilines is 1. The van der Waals surface area contributed by atoms with Gasteiger partial charge in [-0.1, -0.05) is 6.92 Å². The number of nitrogens with one attached hydrogen (secondary N) is 1. The van der Waals surface area contributed by atoms with Gasteiger partial charge in [0, 0.05) is 19.7 Å². The molecule has 0 saturated heterocycles. The summed E-state index contributed by atoms with van der Waals surface area (Å²) in [6.45, 7) is 1.51. The summed E-state index contributed by atoms with van der Waals surface area (Å²) in [6.07, 6.45) is 0.518. The summed E-state index contributed by atoms with van der Waals surface area (Å²) in [7, 11) is 1.38. The van der Waals surface area contributed by atoms with Crippen molar-refractivity contribution in [3.05, 3.63) is 57.8 Å². The highest BCUT2D eigenvalue weighted by molar-refractivity contribution is 5.98. The highest BCUT2D eigenvalue weighted by Gasteiger charge is 2.21. The molecule has 0 aliphatic carbocycles. The van der Waals surface area contributed by atoms with Gasteiger partial charge in [0.25, 0.3) is 11.5 Å². The molecule has 27 heavy (non-hydrogen) atoms. The Morgan fingerprint density at radius 1 is 1.15 bits per heavy atom. The van der Waals surface area contributed by atoms with Crippen molar-refractivity contribution in [1.82, 2.24) is 14.7 Å². The van der Waals surface area contributed by atoms with Crippen LogP contribution in [-0.4, -0.2) is 39.6 Å². The third kappa shape index (κ3) is 4.72. The Hall–Kier alpha value is -3.17. The van der Waals surface area contributed by atoms with Crippen LogP contribution in [0.3, 0.4) is 0 Å². The van der Waals surface area contributed by atoms with Crippen LogP contribution in [0.25, 0.3) is 0 Å². The number of amides is 2. The number of rotatable bonds is 6. The summed E-state index contributed by atoms with van der Waals surface area (Å²) in [5, 5.41) is 5.94. The monoisotopic (exact) mass is 382 g/mol. The number of aryl methyl sites for hydroxylation is 1. The fourth-order valence-electron chi connectivity index (χ4n) is 2.29. The molecular weight excluding hydrogens is 365 g/mol. The van der Waals surface area contributed by atoms with Crippen molar-refractivity contribution in [3.63, 3.8) is 0 Å². The number of nitrogens with zero attached hydrogens (tertiary/aromatic N) is 3. The highest BCUT2D eigenvalue weighted by atomic mass is 19.2. The smallest absolute Gasteiger partial charge is 0.274 e. The lowest BCUT2D eigenvalue weighted by atomic mass is 10.2. The minimum atomic E-state index is -1.70. The van der Waals surface area contributed by atoms with Gasteiger partial charge in [0.1, 0.15) is 12.2 Å². The maximum Gasteiger partial charge on any atom is 0.274 e. The van der Waals surface area contributed by atoms with Crippen LogP contribution in [-0.2, 0) is 11.8 Å². The Kier molecular flexibility index (Phi) is 6.32. The first-order valence-corrected chi connectivity index (χ1v) is 8.01. The minimum absolute atomic E-state index is 0.0441. The average Bonchev–Trinajstić information content (AvgIpc) is 2.63. The second kappa shape index (κ2) is 8.47. The molecule has 0 aliphatic rings. The summed E-state index contributed by atoms with van der Waals surface area (Å²) in [6, 6.07) is 3.96. The van der Waals surface area contributed by atoms with Gasteiger partial charge in [-0.05, 0) is 24.6 Å². The van der Waals surface area contributed by atoms with Gasteiger partial charge in [-0.3, -0.25) is 14.4 Å². The van der Waals surface area contributed by atoms with E-state index in [1.54, 1.807) is 6.92 Å². The Morgan fingerprint density at radius 2 is 1.85 bits per heavy atom. The minimum Gasteiger partial charge on any atom is -0.328 e. The second-order valence-electron chi connectivity index (χ2n) is 5.68. The molecule has 144 valence electrons. The normalized spacial score (nSPS) is 10.6. The fourth-order valence-corrected chi connectivity index (χ4v) is 2.29. The van der Waals surface area contributed by atoms with Crippen LogP contribution in [0.4, 0.5) is 18.9 Å². The zero-order valence-corrected chi connectivity index (χ0v) is 14.6. The lowest BCUT2D eigenvalue weighted by Gasteiger charge is -2.21. The van der Waals surface area contributed by atoms with Crippen molar-refractivity contribution >= 4 is 17.5 Å². The molecular formula is C17H17F3N4O3. The molecule has 1 N–H and O–H groups in total. The maximum atomic E-state index is 13.7. The molecule has 7 nitrogen and oxygen atoms in total. The molecule has 2 amide bonds. The Balaban J connectivity index is 2.16. The second-order valence-corrected chi connectivity index (χ2v) is 5.68. The molecule has 2 aromatic rings. The molecule has 0 radical (unpaired) electrons. The van der Waals surface area contributed by atoms with Crippen molar-refractivity contribution in [3.8, 4) is 0 Å². The zero-order valence-electron chi connectivity index (χ0n) is 14.6. The molecule has 1 aromatic carbocycles. The first kappa shape index (κ1) is 20.1. The van der Waals surface area contributed by atoms with Crippen LogP contribution in [0.15, 0.2) is 29.1 Å². The molecule has 10 heteroatoms. The highest BCUT2D eigenvalue weighted by Crippen LogP contribution is 2.19. The van der Waals surface area contributed by atoms with Crippen molar-refractivity contribution in [2.75, 3.05) is 18.4 Å². The van der Waals surface area contributed by atoms with E-state index in [4.69, 9.17) is 0 Å². The van der Waals surface area contributed by atoms with E-state index in [0.717, 1.165) is 15.6 Å². The summed E-state index contributed by atoms with van der Waals surface area (Å²) < 4.78 is 40.8. The van der Waals surface area contributed by atoms with E-state index in [9.17, 15) is 27.6 Å². The lowest BCUT2D eigenvalue weighted by molar-refractivity contribution is -0.116. The van der Waals surface area contributed by atoms with Gasteiger partial charge in [0.2, 0.25) is 5.91 Å². The predicted octanol–water partition coefficient (Wildman–Crippen LogP) is 1.69.